The van der Waals surface area contributed by atoms with E-state index in [2.05, 4.69) is 46.8 Å². The largest absolute Gasteiger partial charge is 0.312 e. The number of para-hydroxylation sites is 1. The Morgan fingerprint density at radius 1 is 1.20 bits per heavy atom. The zero-order valence-corrected chi connectivity index (χ0v) is 11.7. The van der Waals surface area contributed by atoms with Crippen LogP contribution in [-0.4, -0.2) is 16.3 Å². The molecular formula is C17H21N3. The van der Waals surface area contributed by atoms with E-state index in [-0.39, 0.29) is 0 Å². The third kappa shape index (κ3) is 3.17. The lowest BCUT2D eigenvalue weighted by atomic mass is 9.94. The zero-order chi connectivity index (χ0) is 13.6. The second kappa shape index (κ2) is 6.53. The van der Waals surface area contributed by atoms with Crippen molar-refractivity contribution >= 4 is 0 Å². The highest BCUT2D eigenvalue weighted by molar-refractivity contribution is 5.40. The van der Waals surface area contributed by atoms with E-state index in [1.165, 1.54) is 24.8 Å². The van der Waals surface area contributed by atoms with Crippen molar-refractivity contribution in [2.75, 3.05) is 6.54 Å². The maximum atomic E-state index is 4.32. The van der Waals surface area contributed by atoms with Gasteiger partial charge in [-0.25, -0.2) is 4.68 Å². The van der Waals surface area contributed by atoms with Gasteiger partial charge >= 0.3 is 0 Å². The lowest BCUT2D eigenvalue weighted by Gasteiger charge is -2.18. The number of hydrogen-bond acceptors (Lipinski definition) is 2. The first-order valence-corrected chi connectivity index (χ1v) is 7.37. The highest BCUT2D eigenvalue weighted by Gasteiger charge is 2.10. The van der Waals surface area contributed by atoms with Crippen LogP contribution in [0.4, 0.5) is 0 Å². The molecule has 0 radical (unpaired) electrons. The summed E-state index contributed by atoms with van der Waals surface area (Å²) in [6.45, 7) is 1.99. The Morgan fingerprint density at radius 2 is 2.15 bits per heavy atom. The van der Waals surface area contributed by atoms with Crippen molar-refractivity contribution in [2.45, 2.75) is 25.8 Å². The molecule has 3 nitrogen and oxygen atoms in total. The van der Waals surface area contributed by atoms with E-state index in [9.17, 15) is 0 Å². The minimum Gasteiger partial charge on any atom is -0.312 e. The van der Waals surface area contributed by atoms with Gasteiger partial charge in [0, 0.05) is 18.9 Å². The zero-order valence-electron chi connectivity index (χ0n) is 11.7. The summed E-state index contributed by atoms with van der Waals surface area (Å²) in [5.74, 6) is 0.789. The fourth-order valence-electron chi connectivity index (χ4n) is 2.75. The summed E-state index contributed by atoms with van der Waals surface area (Å²) in [5.41, 5.74) is 2.45. The highest BCUT2D eigenvalue weighted by atomic mass is 15.3. The number of benzene rings is 1. The van der Waals surface area contributed by atoms with Gasteiger partial charge in [0.2, 0.25) is 0 Å². The topological polar surface area (TPSA) is 29.9 Å². The van der Waals surface area contributed by atoms with E-state index in [4.69, 9.17) is 0 Å². The van der Waals surface area contributed by atoms with Crippen molar-refractivity contribution in [2.24, 2.45) is 5.92 Å². The van der Waals surface area contributed by atoms with Crippen LogP contribution in [-0.2, 0) is 6.54 Å². The lowest BCUT2D eigenvalue weighted by Crippen LogP contribution is -2.23. The van der Waals surface area contributed by atoms with Crippen LogP contribution in [0.3, 0.4) is 0 Å². The smallest absolute Gasteiger partial charge is 0.0690 e. The van der Waals surface area contributed by atoms with E-state index in [0.717, 1.165) is 24.7 Å². The molecule has 0 saturated heterocycles. The Morgan fingerprint density at radius 3 is 2.95 bits per heavy atom. The molecule has 0 fully saturated rings. The van der Waals surface area contributed by atoms with E-state index in [1.54, 1.807) is 0 Å². The Labute approximate surface area is 120 Å². The summed E-state index contributed by atoms with van der Waals surface area (Å²) in [4.78, 5) is 0. The minimum absolute atomic E-state index is 0.789. The Hall–Kier alpha value is -1.87. The molecular weight excluding hydrogens is 246 g/mol. The number of hydrogen-bond donors (Lipinski definition) is 1. The summed E-state index contributed by atoms with van der Waals surface area (Å²) in [7, 11) is 0. The molecule has 1 heterocycles. The third-order valence-electron chi connectivity index (χ3n) is 3.87. The standard InChI is InChI=1S/C17H21N3/c1-2-7-15(8-3-1)13-18-14-16-9-4-5-10-17(16)20-12-6-11-19-20/h1-2,4-6,9-12,15,18H,3,7-8,13-14H2. The van der Waals surface area contributed by atoms with Crippen LogP contribution in [0.25, 0.3) is 5.69 Å². The van der Waals surface area contributed by atoms with Crippen molar-refractivity contribution in [1.29, 1.82) is 0 Å². The predicted octanol–water partition coefficient (Wildman–Crippen LogP) is 3.32. The van der Waals surface area contributed by atoms with Crippen molar-refractivity contribution in [1.82, 2.24) is 15.1 Å². The van der Waals surface area contributed by atoms with Crippen LogP contribution in [0, 0.1) is 5.92 Å². The quantitative estimate of drug-likeness (QED) is 0.842. The van der Waals surface area contributed by atoms with Crippen molar-refractivity contribution in [3.05, 3.63) is 60.4 Å². The molecule has 3 heteroatoms. The second-order valence-corrected chi connectivity index (χ2v) is 5.36. The molecule has 104 valence electrons. The average molecular weight is 267 g/mol. The number of nitrogens with zero attached hydrogens (tertiary/aromatic N) is 2. The van der Waals surface area contributed by atoms with Crippen molar-refractivity contribution < 1.29 is 0 Å². The van der Waals surface area contributed by atoms with Gasteiger partial charge in [-0.15, -0.1) is 0 Å². The Bertz CT molecular complexity index is 557. The summed E-state index contributed by atoms with van der Waals surface area (Å²) < 4.78 is 1.93. The van der Waals surface area contributed by atoms with Gasteiger partial charge in [-0.1, -0.05) is 30.4 Å². The fourth-order valence-corrected chi connectivity index (χ4v) is 2.75. The molecule has 0 aliphatic heterocycles. The molecule has 1 unspecified atom stereocenters. The highest BCUT2D eigenvalue weighted by Crippen LogP contribution is 2.18. The summed E-state index contributed by atoms with van der Waals surface area (Å²) in [6.07, 6.45) is 12.2. The minimum atomic E-state index is 0.789. The number of allylic oxidation sites excluding steroid dienone is 2. The van der Waals surface area contributed by atoms with Gasteiger partial charge in [0.05, 0.1) is 5.69 Å². The van der Waals surface area contributed by atoms with Crippen molar-refractivity contribution in [3.63, 3.8) is 0 Å². The predicted molar refractivity (Wildman–Crippen MR) is 81.8 cm³/mol. The van der Waals surface area contributed by atoms with Gasteiger partial charge in [-0.3, -0.25) is 0 Å². The first-order chi connectivity index (χ1) is 9.93. The molecule has 0 bridgehead atoms. The lowest BCUT2D eigenvalue weighted by molar-refractivity contribution is 0.440. The number of nitrogens with one attached hydrogen (secondary N) is 1. The van der Waals surface area contributed by atoms with Gasteiger partial charge in [0.25, 0.3) is 0 Å². The summed E-state index contributed by atoms with van der Waals surface area (Å²) in [6, 6.07) is 10.4. The first kappa shape index (κ1) is 13.1. The maximum absolute atomic E-state index is 4.32. The number of aromatic nitrogens is 2. The maximum Gasteiger partial charge on any atom is 0.0690 e. The Kier molecular flexibility index (Phi) is 4.28. The molecule has 2 aromatic rings. The van der Waals surface area contributed by atoms with Crippen LogP contribution < -0.4 is 5.32 Å². The Balaban J connectivity index is 1.61. The normalized spacial score (nSPS) is 18.3. The van der Waals surface area contributed by atoms with Gasteiger partial charge in [0.1, 0.15) is 0 Å². The van der Waals surface area contributed by atoms with Gasteiger partial charge in [0.15, 0.2) is 0 Å². The molecule has 1 N–H and O–H groups in total. The summed E-state index contributed by atoms with van der Waals surface area (Å²) >= 11 is 0. The molecule has 0 spiro atoms. The van der Waals surface area contributed by atoms with Crippen LogP contribution >= 0.6 is 0 Å². The van der Waals surface area contributed by atoms with E-state index >= 15 is 0 Å². The monoisotopic (exact) mass is 267 g/mol. The van der Waals surface area contributed by atoms with Gasteiger partial charge in [-0.05, 0) is 49.4 Å². The molecule has 20 heavy (non-hydrogen) atoms. The van der Waals surface area contributed by atoms with E-state index < -0.39 is 0 Å². The molecule has 1 aromatic carbocycles. The molecule has 0 saturated carbocycles. The van der Waals surface area contributed by atoms with Crippen molar-refractivity contribution in [3.8, 4) is 5.69 Å². The molecule has 1 atom stereocenters. The van der Waals surface area contributed by atoms with Gasteiger partial charge < -0.3 is 5.32 Å². The van der Waals surface area contributed by atoms with Crippen LogP contribution in [0.5, 0.6) is 0 Å². The summed E-state index contributed by atoms with van der Waals surface area (Å²) in [5, 5.41) is 7.92. The van der Waals surface area contributed by atoms with Gasteiger partial charge in [-0.2, -0.15) is 5.10 Å². The molecule has 1 aliphatic carbocycles. The molecule has 1 aromatic heterocycles. The molecule has 0 amide bonds. The first-order valence-electron chi connectivity index (χ1n) is 7.37. The third-order valence-corrected chi connectivity index (χ3v) is 3.87. The second-order valence-electron chi connectivity index (χ2n) is 5.36. The van der Waals surface area contributed by atoms with Crippen LogP contribution in [0.2, 0.25) is 0 Å². The van der Waals surface area contributed by atoms with E-state index in [0.29, 0.717) is 0 Å². The van der Waals surface area contributed by atoms with E-state index in [1.807, 2.05) is 23.1 Å². The SMILES string of the molecule is C1=CCC(CNCc2ccccc2-n2cccn2)CC1. The number of rotatable bonds is 5. The van der Waals surface area contributed by atoms with Crippen LogP contribution in [0.15, 0.2) is 54.9 Å². The van der Waals surface area contributed by atoms with Crippen LogP contribution in [0.1, 0.15) is 24.8 Å². The average Bonchev–Trinajstić information content (AvgIpc) is 3.03. The molecule has 1 aliphatic rings. The molecule has 3 rings (SSSR count). The fraction of sp³-hybridized carbons (Fsp3) is 0.353.